The van der Waals surface area contributed by atoms with E-state index in [2.05, 4.69) is 0 Å². The highest BCUT2D eigenvalue weighted by Gasteiger charge is 2.13. The van der Waals surface area contributed by atoms with Crippen molar-refractivity contribution in [2.45, 2.75) is 4.90 Å². The van der Waals surface area contributed by atoms with Gasteiger partial charge in [-0.15, -0.1) is 11.8 Å². The molecule has 0 spiro atoms. The SMILES string of the molecule is NNC(=O)CSc1ccccc1[N+](=O)[O-]. The average molecular weight is 227 g/mol. The molecule has 6 nitrogen and oxygen atoms in total. The van der Waals surface area contributed by atoms with E-state index in [9.17, 15) is 14.9 Å². The quantitative estimate of drug-likeness (QED) is 0.259. The van der Waals surface area contributed by atoms with Crippen LogP contribution in [0.4, 0.5) is 5.69 Å². The van der Waals surface area contributed by atoms with Gasteiger partial charge in [-0.2, -0.15) is 0 Å². The molecule has 15 heavy (non-hydrogen) atoms. The Kier molecular flexibility index (Phi) is 4.07. The molecule has 1 aromatic rings. The summed E-state index contributed by atoms with van der Waals surface area (Å²) in [6, 6.07) is 6.23. The Bertz CT molecular complexity index is 383. The molecule has 0 aliphatic heterocycles. The van der Waals surface area contributed by atoms with Crippen LogP contribution in [0.3, 0.4) is 0 Å². The van der Waals surface area contributed by atoms with Crippen molar-refractivity contribution in [3.8, 4) is 0 Å². The molecule has 0 aliphatic carbocycles. The van der Waals surface area contributed by atoms with Crippen LogP contribution < -0.4 is 11.3 Å². The van der Waals surface area contributed by atoms with Gasteiger partial charge in [0.15, 0.2) is 0 Å². The molecule has 1 amide bonds. The van der Waals surface area contributed by atoms with Crippen LogP contribution in [0.2, 0.25) is 0 Å². The normalized spacial score (nSPS) is 9.67. The van der Waals surface area contributed by atoms with Gasteiger partial charge >= 0.3 is 0 Å². The number of nitrogens with two attached hydrogens (primary N) is 1. The Labute approximate surface area is 90.0 Å². The monoisotopic (exact) mass is 227 g/mol. The first-order valence-corrected chi connectivity index (χ1v) is 4.99. The van der Waals surface area contributed by atoms with Crippen LogP contribution in [0.1, 0.15) is 0 Å². The number of para-hydroxylation sites is 1. The number of rotatable bonds is 4. The standard InChI is InChI=1S/C8H9N3O3S/c9-10-8(12)5-15-7-4-2-1-3-6(7)11(13)14/h1-4H,5,9H2,(H,10,12). The highest BCUT2D eigenvalue weighted by Crippen LogP contribution is 2.28. The third-order valence-electron chi connectivity index (χ3n) is 1.58. The molecule has 3 N–H and O–H groups in total. The fraction of sp³-hybridized carbons (Fsp3) is 0.125. The predicted molar refractivity (Wildman–Crippen MR) is 56.2 cm³/mol. The summed E-state index contributed by atoms with van der Waals surface area (Å²) in [6.07, 6.45) is 0. The average Bonchev–Trinajstić information content (AvgIpc) is 2.26. The number of benzene rings is 1. The zero-order valence-corrected chi connectivity index (χ0v) is 8.49. The minimum Gasteiger partial charge on any atom is -0.294 e. The fourth-order valence-corrected chi connectivity index (χ4v) is 1.75. The molecule has 0 saturated carbocycles. The second kappa shape index (κ2) is 5.32. The fourth-order valence-electron chi connectivity index (χ4n) is 0.915. The molecule has 0 radical (unpaired) electrons. The summed E-state index contributed by atoms with van der Waals surface area (Å²) in [5, 5.41) is 10.6. The van der Waals surface area contributed by atoms with E-state index in [1.54, 1.807) is 18.2 Å². The number of nitrogens with zero attached hydrogens (tertiary/aromatic N) is 1. The molecule has 0 saturated heterocycles. The predicted octanol–water partition coefficient (Wildman–Crippen LogP) is 0.677. The second-order valence-corrected chi connectivity index (χ2v) is 3.60. The molecule has 1 rings (SSSR count). The van der Waals surface area contributed by atoms with E-state index < -0.39 is 4.92 Å². The van der Waals surface area contributed by atoms with Gasteiger partial charge in [0.05, 0.1) is 15.6 Å². The number of nitro groups is 1. The molecule has 0 atom stereocenters. The van der Waals surface area contributed by atoms with Crippen molar-refractivity contribution in [3.63, 3.8) is 0 Å². The van der Waals surface area contributed by atoms with E-state index in [4.69, 9.17) is 5.84 Å². The molecule has 0 unspecified atom stereocenters. The van der Waals surface area contributed by atoms with E-state index in [-0.39, 0.29) is 17.3 Å². The Hall–Kier alpha value is -1.60. The summed E-state index contributed by atoms with van der Waals surface area (Å²) >= 11 is 1.07. The molecule has 7 heteroatoms. The van der Waals surface area contributed by atoms with Gasteiger partial charge in [-0.3, -0.25) is 20.3 Å². The van der Waals surface area contributed by atoms with Crippen LogP contribution in [0.15, 0.2) is 29.2 Å². The smallest absolute Gasteiger partial charge is 0.282 e. The Morgan fingerprint density at radius 1 is 1.53 bits per heavy atom. The number of hydrogen-bond donors (Lipinski definition) is 2. The van der Waals surface area contributed by atoms with Gasteiger partial charge in [0.1, 0.15) is 0 Å². The number of hydrogen-bond acceptors (Lipinski definition) is 5. The minimum atomic E-state index is -0.483. The maximum absolute atomic E-state index is 10.8. The van der Waals surface area contributed by atoms with Gasteiger partial charge in [0.2, 0.25) is 5.91 Å². The lowest BCUT2D eigenvalue weighted by molar-refractivity contribution is -0.387. The zero-order chi connectivity index (χ0) is 11.3. The van der Waals surface area contributed by atoms with Gasteiger partial charge in [-0.25, -0.2) is 5.84 Å². The van der Waals surface area contributed by atoms with Crippen molar-refractivity contribution in [1.82, 2.24) is 5.43 Å². The minimum absolute atomic E-state index is 0.00711. The number of amides is 1. The van der Waals surface area contributed by atoms with Gasteiger partial charge in [-0.1, -0.05) is 12.1 Å². The van der Waals surface area contributed by atoms with E-state index >= 15 is 0 Å². The zero-order valence-electron chi connectivity index (χ0n) is 7.67. The molecule has 0 heterocycles. The third-order valence-corrected chi connectivity index (χ3v) is 2.64. The van der Waals surface area contributed by atoms with Crippen LogP contribution in [-0.2, 0) is 4.79 Å². The maximum atomic E-state index is 10.8. The van der Waals surface area contributed by atoms with Crippen molar-refractivity contribution < 1.29 is 9.72 Å². The van der Waals surface area contributed by atoms with Crippen LogP contribution in [0.5, 0.6) is 0 Å². The lowest BCUT2D eigenvalue weighted by Crippen LogP contribution is -2.31. The lowest BCUT2D eigenvalue weighted by Gasteiger charge is -2.01. The van der Waals surface area contributed by atoms with E-state index in [0.29, 0.717) is 4.90 Å². The molecule has 0 aliphatic rings. The van der Waals surface area contributed by atoms with E-state index in [0.717, 1.165) is 11.8 Å². The van der Waals surface area contributed by atoms with Crippen molar-refractivity contribution in [3.05, 3.63) is 34.4 Å². The van der Waals surface area contributed by atoms with Crippen LogP contribution >= 0.6 is 11.8 Å². The molecular weight excluding hydrogens is 218 g/mol. The molecule has 0 bridgehead atoms. The highest BCUT2D eigenvalue weighted by atomic mass is 32.2. The molecule has 1 aromatic carbocycles. The summed E-state index contributed by atoms with van der Waals surface area (Å²) in [4.78, 5) is 21.4. The summed E-state index contributed by atoms with van der Waals surface area (Å²) in [5.41, 5.74) is 1.95. The number of hydrazine groups is 1. The number of nitrogens with one attached hydrogen (secondary N) is 1. The number of carbonyl (C=O) groups excluding carboxylic acids is 1. The van der Waals surface area contributed by atoms with Crippen LogP contribution in [0.25, 0.3) is 0 Å². The van der Waals surface area contributed by atoms with Crippen molar-refractivity contribution in [2.24, 2.45) is 5.84 Å². The van der Waals surface area contributed by atoms with Gasteiger partial charge in [0, 0.05) is 6.07 Å². The van der Waals surface area contributed by atoms with Crippen LogP contribution in [0, 0.1) is 10.1 Å². The summed E-state index contributed by atoms with van der Waals surface area (Å²) in [6.45, 7) is 0. The topological polar surface area (TPSA) is 98.3 Å². The first-order valence-electron chi connectivity index (χ1n) is 4.01. The Morgan fingerprint density at radius 2 is 2.20 bits per heavy atom. The summed E-state index contributed by atoms with van der Waals surface area (Å²) < 4.78 is 0. The van der Waals surface area contributed by atoms with Gasteiger partial charge in [0.25, 0.3) is 5.69 Å². The summed E-state index contributed by atoms with van der Waals surface area (Å²) in [5.74, 6) is 4.57. The Morgan fingerprint density at radius 3 is 2.80 bits per heavy atom. The van der Waals surface area contributed by atoms with Gasteiger partial charge < -0.3 is 0 Å². The molecular formula is C8H9N3O3S. The number of carbonyl (C=O) groups is 1. The highest BCUT2D eigenvalue weighted by molar-refractivity contribution is 8.00. The largest absolute Gasteiger partial charge is 0.294 e. The molecule has 0 fully saturated rings. The first kappa shape index (κ1) is 11.5. The second-order valence-electron chi connectivity index (χ2n) is 2.58. The molecule has 0 aromatic heterocycles. The lowest BCUT2D eigenvalue weighted by atomic mass is 10.3. The van der Waals surface area contributed by atoms with Crippen molar-refractivity contribution >= 4 is 23.4 Å². The Balaban J connectivity index is 2.76. The first-order chi connectivity index (χ1) is 7.15. The summed E-state index contributed by atoms with van der Waals surface area (Å²) in [7, 11) is 0. The van der Waals surface area contributed by atoms with Crippen molar-refractivity contribution in [2.75, 3.05) is 5.75 Å². The van der Waals surface area contributed by atoms with E-state index in [1.807, 2.05) is 5.43 Å². The number of nitro benzene ring substituents is 1. The van der Waals surface area contributed by atoms with Gasteiger partial charge in [-0.05, 0) is 6.07 Å². The third kappa shape index (κ3) is 3.22. The van der Waals surface area contributed by atoms with E-state index in [1.165, 1.54) is 6.07 Å². The van der Waals surface area contributed by atoms with Crippen LogP contribution in [-0.4, -0.2) is 16.6 Å². The maximum Gasteiger partial charge on any atom is 0.282 e. The molecule has 80 valence electrons. The number of thioether (sulfide) groups is 1. The van der Waals surface area contributed by atoms with Crippen molar-refractivity contribution in [1.29, 1.82) is 0 Å².